The quantitative estimate of drug-likeness (QED) is 0.744. The number of aryl methyl sites for hydroxylation is 1. The normalized spacial score (nSPS) is 18.6. The van der Waals surface area contributed by atoms with E-state index in [-0.39, 0.29) is 0 Å². The Bertz CT molecular complexity index is 757. The minimum Gasteiger partial charge on any atom is -0.306 e. The molecule has 3 heterocycles. The maximum atomic E-state index is 4.32. The zero-order chi connectivity index (χ0) is 15.6. The Hall–Kier alpha value is -2.40. The molecule has 2 aromatic heterocycles. The summed E-state index contributed by atoms with van der Waals surface area (Å²) in [6.07, 6.45) is 12.2. The van der Waals surface area contributed by atoms with E-state index in [9.17, 15) is 0 Å². The number of likely N-dealkylation sites (tertiary alicyclic amines) is 1. The van der Waals surface area contributed by atoms with Crippen molar-refractivity contribution in [3.05, 3.63) is 66.5 Å². The van der Waals surface area contributed by atoms with Gasteiger partial charge in [0.05, 0.1) is 12.5 Å². The van der Waals surface area contributed by atoms with Crippen molar-refractivity contribution in [1.82, 2.24) is 24.2 Å². The molecule has 1 aromatic carbocycles. The maximum absolute atomic E-state index is 4.32. The number of hydrogen-bond acceptors (Lipinski definition) is 3. The van der Waals surface area contributed by atoms with Gasteiger partial charge in [-0.1, -0.05) is 12.1 Å². The largest absolute Gasteiger partial charge is 0.306 e. The molecule has 1 saturated heterocycles. The summed E-state index contributed by atoms with van der Waals surface area (Å²) in [5.74, 6) is 0. The van der Waals surface area contributed by atoms with Gasteiger partial charge in [-0.3, -0.25) is 9.58 Å². The molecular formula is C18H21N5. The van der Waals surface area contributed by atoms with E-state index in [1.54, 1.807) is 6.20 Å². The lowest BCUT2D eigenvalue weighted by molar-refractivity contribution is 0.248. The molecule has 1 unspecified atom stereocenters. The van der Waals surface area contributed by atoms with Crippen molar-refractivity contribution < 1.29 is 0 Å². The molecule has 0 amide bonds. The summed E-state index contributed by atoms with van der Waals surface area (Å²) >= 11 is 0. The van der Waals surface area contributed by atoms with Gasteiger partial charge in [-0.2, -0.15) is 5.10 Å². The molecule has 5 heteroatoms. The third-order valence-corrected chi connectivity index (χ3v) is 4.60. The molecule has 4 rings (SSSR count). The molecule has 0 bridgehead atoms. The SMILES string of the molecule is Cn1cc(C2CCCN2Cc2ccc(-n3ccnc3)cc2)cn1. The molecule has 23 heavy (non-hydrogen) atoms. The lowest BCUT2D eigenvalue weighted by Crippen LogP contribution is -2.22. The fourth-order valence-corrected chi connectivity index (χ4v) is 3.42. The molecule has 1 atom stereocenters. The van der Waals surface area contributed by atoms with Gasteiger partial charge in [0.2, 0.25) is 0 Å². The van der Waals surface area contributed by atoms with Crippen LogP contribution in [0.25, 0.3) is 5.69 Å². The fraction of sp³-hybridized carbons (Fsp3) is 0.333. The third-order valence-electron chi connectivity index (χ3n) is 4.60. The van der Waals surface area contributed by atoms with E-state index in [1.165, 1.54) is 24.0 Å². The van der Waals surface area contributed by atoms with Crippen LogP contribution in [-0.2, 0) is 13.6 Å². The third kappa shape index (κ3) is 2.92. The Kier molecular flexibility index (Phi) is 3.71. The summed E-state index contributed by atoms with van der Waals surface area (Å²) in [5.41, 5.74) is 3.83. The van der Waals surface area contributed by atoms with Crippen molar-refractivity contribution >= 4 is 0 Å². The van der Waals surface area contributed by atoms with E-state index in [0.717, 1.165) is 18.8 Å². The highest BCUT2D eigenvalue weighted by atomic mass is 15.3. The fourth-order valence-electron chi connectivity index (χ4n) is 3.42. The van der Waals surface area contributed by atoms with E-state index in [0.29, 0.717) is 6.04 Å². The first-order chi connectivity index (χ1) is 11.3. The van der Waals surface area contributed by atoms with Gasteiger partial charge in [0.25, 0.3) is 0 Å². The van der Waals surface area contributed by atoms with Crippen LogP contribution in [0.1, 0.15) is 30.0 Å². The molecule has 0 saturated carbocycles. The van der Waals surface area contributed by atoms with Gasteiger partial charge in [0, 0.05) is 49.5 Å². The van der Waals surface area contributed by atoms with Crippen molar-refractivity contribution in [1.29, 1.82) is 0 Å². The van der Waals surface area contributed by atoms with Crippen molar-refractivity contribution in [2.75, 3.05) is 6.54 Å². The van der Waals surface area contributed by atoms with Crippen LogP contribution in [0.15, 0.2) is 55.4 Å². The van der Waals surface area contributed by atoms with Crippen LogP contribution >= 0.6 is 0 Å². The molecule has 3 aromatic rings. The van der Waals surface area contributed by atoms with Gasteiger partial charge < -0.3 is 4.57 Å². The molecule has 0 aliphatic carbocycles. The summed E-state index contributed by atoms with van der Waals surface area (Å²) in [7, 11) is 1.98. The van der Waals surface area contributed by atoms with Gasteiger partial charge in [0.15, 0.2) is 0 Å². The zero-order valence-electron chi connectivity index (χ0n) is 13.3. The molecule has 1 aliphatic rings. The molecule has 118 valence electrons. The Morgan fingerprint density at radius 2 is 2.09 bits per heavy atom. The molecule has 1 aliphatic heterocycles. The monoisotopic (exact) mass is 307 g/mol. The average molecular weight is 307 g/mol. The number of benzene rings is 1. The highest BCUT2D eigenvalue weighted by molar-refractivity contribution is 5.34. The van der Waals surface area contributed by atoms with E-state index in [2.05, 4.69) is 45.4 Å². The molecule has 1 fully saturated rings. The van der Waals surface area contributed by atoms with Crippen molar-refractivity contribution in [2.24, 2.45) is 7.05 Å². The van der Waals surface area contributed by atoms with E-state index < -0.39 is 0 Å². The Labute approximate surface area is 136 Å². The smallest absolute Gasteiger partial charge is 0.0991 e. The van der Waals surface area contributed by atoms with Gasteiger partial charge in [-0.05, 0) is 37.1 Å². The molecule has 0 spiro atoms. The first-order valence-corrected chi connectivity index (χ1v) is 8.09. The molecule has 0 N–H and O–H groups in total. The van der Waals surface area contributed by atoms with Gasteiger partial charge in [-0.25, -0.2) is 4.98 Å². The Morgan fingerprint density at radius 1 is 1.22 bits per heavy atom. The summed E-state index contributed by atoms with van der Waals surface area (Å²) in [6.45, 7) is 2.15. The van der Waals surface area contributed by atoms with E-state index in [1.807, 2.05) is 35.0 Å². The van der Waals surface area contributed by atoms with Gasteiger partial charge in [0.1, 0.15) is 0 Å². The Balaban J connectivity index is 1.49. The zero-order valence-corrected chi connectivity index (χ0v) is 13.3. The second-order valence-corrected chi connectivity index (χ2v) is 6.21. The average Bonchev–Trinajstić information content (AvgIpc) is 3.29. The van der Waals surface area contributed by atoms with Gasteiger partial charge >= 0.3 is 0 Å². The lowest BCUT2D eigenvalue weighted by atomic mass is 10.1. The minimum absolute atomic E-state index is 0.497. The van der Waals surface area contributed by atoms with Crippen LogP contribution in [0, 0.1) is 0 Å². The second-order valence-electron chi connectivity index (χ2n) is 6.21. The van der Waals surface area contributed by atoms with Crippen LogP contribution in [0.2, 0.25) is 0 Å². The number of hydrogen-bond donors (Lipinski definition) is 0. The summed E-state index contributed by atoms with van der Waals surface area (Å²) < 4.78 is 3.92. The van der Waals surface area contributed by atoms with Crippen LogP contribution in [-0.4, -0.2) is 30.8 Å². The molecular weight excluding hydrogens is 286 g/mol. The predicted molar refractivity (Wildman–Crippen MR) is 89.2 cm³/mol. The lowest BCUT2D eigenvalue weighted by Gasteiger charge is -2.23. The topological polar surface area (TPSA) is 38.9 Å². The number of nitrogens with zero attached hydrogens (tertiary/aromatic N) is 5. The summed E-state index contributed by atoms with van der Waals surface area (Å²) in [6, 6.07) is 9.25. The van der Waals surface area contributed by atoms with Gasteiger partial charge in [-0.15, -0.1) is 0 Å². The molecule has 5 nitrogen and oxygen atoms in total. The summed E-state index contributed by atoms with van der Waals surface area (Å²) in [4.78, 5) is 6.66. The first kappa shape index (κ1) is 14.2. The number of rotatable bonds is 4. The van der Waals surface area contributed by atoms with Crippen LogP contribution in [0.4, 0.5) is 0 Å². The number of aromatic nitrogens is 4. The highest BCUT2D eigenvalue weighted by Gasteiger charge is 2.26. The highest BCUT2D eigenvalue weighted by Crippen LogP contribution is 2.32. The Morgan fingerprint density at radius 3 is 2.78 bits per heavy atom. The predicted octanol–water partition coefficient (Wildman–Crippen LogP) is 2.94. The van der Waals surface area contributed by atoms with Crippen LogP contribution in [0.5, 0.6) is 0 Å². The van der Waals surface area contributed by atoms with Crippen molar-refractivity contribution in [2.45, 2.75) is 25.4 Å². The maximum Gasteiger partial charge on any atom is 0.0991 e. The second kappa shape index (κ2) is 6.01. The minimum atomic E-state index is 0.497. The van der Waals surface area contributed by atoms with Crippen molar-refractivity contribution in [3.63, 3.8) is 0 Å². The van der Waals surface area contributed by atoms with E-state index in [4.69, 9.17) is 0 Å². The number of imidazole rings is 1. The van der Waals surface area contributed by atoms with Crippen LogP contribution < -0.4 is 0 Å². The molecule has 0 radical (unpaired) electrons. The summed E-state index contributed by atoms with van der Waals surface area (Å²) in [5, 5.41) is 4.32. The van der Waals surface area contributed by atoms with Crippen molar-refractivity contribution in [3.8, 4) is 5.69 Å². The van der Waals surface area contributed by atoms with Crippen LogP contribution in [0.3, 0.4) is 0 Å². The first-order valence-electron chi connectivity index (χ1n) is 8.09. The van der Waals surface area contributed by atoms with E-state index >= 15 is 0 Å². The standard InChI is InChI=1S/C18H21N5/c1-21-13-16(11-20-21)18-3-2-9-22(18)12-15-4-6-17(7-5-15)23-10-8-19-14-23/h4-8,10-11,13-14,18H,2-3,9,12H2,1H3.